The van der Waals surface area contributed by atoms with E-state index in [1.54, 1.807) is 0 Å². The van der Waals surface area contributed by atoms with Crippen LogP contribution in [0.3, 0.4) is 0 Å². The molecule has 3 unspecified atom stereocenters. The molecule has 1 N–H and O–H groups in total. The molecule has 0 bridgehead atoms. The molecule has 1 aliphatic heterocycles. The van der Waals surface area contributed by atoms with Gasteiger partial charge in [-0.3, -0.25) is 0 Å². The quantitative estimate of drug-likeness (QED) is 0.522. The molecule has 0 aromatic carbocycles. The van der Waals surface area contributed by atoms with Crippen molar-refractivity contribution in [3.8, 4) is 0 Å². The van der Waals surface area contributed by atoms with E-state index in [4.69, 9.17) is 0 Å². The molecule has 2 rings (SSSR count). The Kier molecular flexibility index (Phi) is 1.99. The van der Waals surface area contributed by atoms with Gasteiger partial charge in [0, 0.05) is 6.04 Å². The molecular weight excluding hydrogens is 134 g/mol. The lowest BCUT2D eigenvalue weighted by molar-refractivity contribution is 0.231. The predicted octanol–water partition coefficient (Wildman–Crippen LogP) is 1.95. The van der Waals surface area contributed by atoms with Crippen LogP contribution in [0.4, 0.5) is 0 Å². The molecule has 0 aromatic rings. The molecule has 0 spiro atoms. The molecule has 1 heteroatoms. The van der Waals surface area contributed by atoms with E-state index in [-0.39, 0.29) is 0 Å². The van der Waals surface area contributed by atoms with E-state index in [0.717, 1.165) is 17.9 Å². The van der Waals surface area contributed by atoms with Gasteiger partial charge in [0.1, 0.15) is 0 Å². The van der Waals surface area contributed by atoms with Crippen molar-refractivity contribution >= 4 is 0 Å². The van der Waals surface area contributed by atoms with Crippen molar-refractivity contribution in [2.75, 3.05) is 6.54 Å². The van der Waals surface area contributed by atoms with Gasteiger partial charge >= 0.3 is 0 Å². The fraction of sp³-hybridized carbons (Fsp3) is 0.800. The van der Waals surface area contributed by atoms with Gasteiger partial charge in [-0.2, -0.15) is 0 Å². The highest BCUT2D eigenvalue weighted by Crippen LogP contribution is 2.29. The van der Waals surface area contributed by atoms with Crippen LogP contribution in [-0.4, -0.2) is 12.6 Å². The van der Waals surface area contributed by atoms with Crippen molar-refractivity contribution < 1.29 is 0 Å². The van der Waals surface area contributed by atoms with E-state index in [0.29, 0.717) is 0 Å². The van der Waals surface area contributed by atoms with Gasteiger partial charge in [0.05, 0.1) is 0 Å². The molecule has 1 heterocycles. The van der Waals surface area contributed by atoms with E-state index in [9.17, 15) is 0 Å². The lowest BCUT2D eigenvalue weighted by Gasteiger charge is -2.37. The van der Waals surface area contributed by atoms with Crippen LogP contribution >= 0.6 is 0 Å². The van der Waals surface area contributed by atoms with Crippen LogP contribution in [0.2, 0.25) is 0 Å². The highest BCUT2D eigenvalue weighted by molar-refractivity contribution is 5.03. The van der Waals surface area contributed by atoms with Crippen molar-refractivity contribution in [3.63, 3.8) is 0 Å². The maximum Gasteiger partial charge on any atom is 0.0158 e. The smallest absolute Gasteiger partial charge is 0.0158 e. The number of fused-ring (bicyclic) bond motifs is 1. The topological polar surface area (TPSA) is 12.0 Å². The van der Waals surface area contributed by atoms with Crippen LogP contribution in [-0.2, 0) is 0 Å². The Morgan fingerprint density at radius 1 is 1.45 bits per heavy atom. The van der Waals surface area contributed by atoms with Crippen LogP contribution < -0.4 is 5.32 Å². The lowest BCUT2D eigenvalue weighted by atomic mass is 9.78. The molecule has 3 atom stereocenters. The Morgan fingerprint density at radius 3 is 3.18 bits per heavy atom. The van der Waals surface area contributed by atoms with Gasteiger partial charge in [-0.05, 0) is 37.6 Å². The maximum atomic E-state index is 3.62. The minimum atomic E-state index is 0.758. The summed E-state index contributed by atoms with van der Waals surface area (Å²) in [7, 11) is 0. The first kappa shape index (κ1) is 7.35. The van der Waals surface area contributed by atoms with E-state index < -0.39 is 0 Å². The number of rotatable bonds is 0. The summed E-state index contributed by atoms with van der Waals surface area (Å²) in [5.74, 6) is 1.69. The van der Waals surface area contributed by atoms with Gasteiger partial charge in [0.2, 0.25) is 0 Å². The Morgan fingerprint density at radius 2 is 2.36 bits per heavy atom. The van der Waals surface area contributed by atoms with Gasteiger partial charge in [-0.1, -0.05) is 19.1 Å². The first-order chi connectivity index (χ1) is 5.38. The van der Waals surface area contributed by atoms with Gasteiger partial charge in [-0.15, -0.1) is 0 Å². The zero-order valence-corrected chi connectivity index (χ0v) is 7.22. The number of piperidine rings is 1. The van der Waals surface area contributed by atoms with Crippen LogP contribution in [0.25, 0.3) is 0 Å². The molecule has 11 heavy (non-hydrogen) atoms. The lowest BCUT2D eigenvalue weighted by Crippen LogP contribution is -2.46. The first-order valence-electron chi connectivity index (χ1n) is 4.78. The largest absolute Gasteiger partial charge is 0.313 e. The van der Waals surface area contributed by atoms with Crippen molar-refractivity contribution in [2.45, 2.75) is 32.2 Å². The highest BCUT2D eigenvalue weighted by atomic mass is 14.9. The van der Waals surface area contributed by atoms with Gasteiger partial charge < -0.3 is 5.32 Å². The Hall–Kier alpha value is -0.300. The average molecular weight is 151 g/mol. The van der Waals surface area contributed by atoms with Crippen LogP contribution in [0.5, 0.6) is 0 Å². The van der Waals surface area contributed by atoms with Crippen LogP contribution in [0, 0.1) is 11.8 Å². The zero-order chi connectivity index (χ0) is 7.68. The molecule has 1 nitrogen and oxygen atoms in total. The SMILES string of the molecule is CC1C=CCC2CCCNC12. The summed E-state index contributed by atoms with van der Waals surface area (Å²) in [5.41, 5.74) is 0. The predicted molar refractivity (Wildman–Crippen MR) is 47.4 cm³/mol. The second-order valence-corrected chi connectivity index (χ2v) is 3.91. The minimum Gasteiger partial charge on any atom is -0.313 e. The summed E-state index contributed by atoms with van der Waals surface area (Å²) >= 11 is 0. The summed E-state index contributed by atoms with van der Waals surface area (Å²) < 4.78 is 0. The van der Waals surface area contributed by atoms with Gasteiger partial charge in [0.25, 0.3) is 0 Å². The molecular formula is C10H17N. The summed E-state index contributed by atoms with van der Waals surface area (Å²) in [5, 5.41) is 3.62. The Bertz CT molecular complexity index is 162. The summed E-state index contributed by atoms with van der Waals surface area (Å²) in [6.45, 7) is 3.56. The first-order valence-corrected chi connectivity index (χ1v) is 4.78. The Balaban J connectivity index is 2.08. The maximum absolute atomic E-state index is 3.62. The second-order valence-electron chi connectivity index (χ2n) is 3.91. The second kappa shape index (κ2) is 2.98. The third-order valence-corrected chi connectivity index (χ3v) is 3.08. The Labute approximate surface area is 68.9 Å². The molecule has 1 saturated heterocycles. The standard InChI is InChI=1S/C10H17N/c1-8-4-2-5-9-6-3-7-11-10(8)9/h2,4,8-11H,3,5-7H2,1H3. The van der Waals surface area contributed by atoms with Crippen molar-refractivity contribution in [1.29, 1.82) is 0 Å². The molecule has 1 fully saturated rings. The number of hydrogen-bond acceptors (Lipinski definition) is 1. The minimum absolute atomic E-state index is 0.758. The molecule has 1 aliphatic carbocycles. The molecule has 0 radical (unpaired) electrons. The molecule has 0 saturated carbocycles. The van der Waals surface area contributed by atoms with E-state index >= 15 is 0 Å². The molecule has 62 valence electrons. The monoisotopic (exact) mass is 151 g/mol. The van der Waals surface area contributed by atoms with Crippen molar-refractivity contribution in [3.05, 3.63) is 12.2 Å². The van der Waals surface area contributed by atoms with Crippen LogP contribution in [0.15, 0.2) is 12.2 Å². The third-order valence-electron chi connectivity index (χ3n) is 3.08. The molecule has 2 aliphatic rings. The molecule has 0 amide bonds. The number of hydrogen-bond donors (Lipinski definition) is 1. The summed E-state index contributed by atoms with van der Waals surface area (Å²) in [4.78, 5) is 0. The average Bonchev–Trinajstić information content (AvgIpc) is 2.06. The van der Waals surface area contributed by atoms with Crippen LogP contribution in [0.1, 0.15) is 26.2 Å². The van der Waals surface area contributed by atoms with Gasteiger partial charge in [-0.25, -0.2) is 0 Å². The zero-order valence-electron chi connectivity index (χ0n) is 7.22. The van der Waals surface area contributed by atoms with Crippen molar-refractivity contribution in [1.82, 2.24) is 5.32 Å². The van der Waals surface area contributed by atoms with E-state index in [1.165, 1.54) is 25.8 Å². The number of allylic oxidation sites excluding steroid dienone is 1. The summed E-state index contributed by atoms with van der Waals surface area (Å²) in [6, 6.07) is 0.786. The number of nitrogens with one attached hydrogen (secondary N) is 1. The van der Waals surface area contributed by atoms with E-state index in [1.807, 2.05) is 0 Å². The third kappa shape index (κ3) is 1.34. The fourth-order valence-electron chi connectivity index (χ4n) is 2.45. The van der Waals surface area contributed by atoms with Gasteiger partial charge in [0.15, 0.2) is 0 Å². The summed E-state index contributed by atoms with van der Waals surface area (Å²) in [6.07, 6.45) is 8.84. The fourth-order valence-corrected chi connectivity index (χ4v) is 2.45. The van der Waals surface area contributed by atoms with Crippen molar-refractivity contribution in [2.24, 2.45) is 11.8 Å². The molecule has 0 aromatic heterocycles. The van der Waals surface area contributed by atoms with E-state index in [2.05, 4.69) is 24.4 Å². The normalized spacial score (nSPS) is 43.5. The highest BCUT2D eigenvalue weighted by Gasteiger charge is 2.29.